The van der Waals surface area contributed by atoms with Crippen molar-refractivity contribution in [1.29, 1.82) is 0 Å². The summed E-state index contributed by atoms with van der Waals surface area (Å²) in [7, 11) is -1.41. The first-order valence-electron chi connectivity index (χ1n) is 6.30. The van der Waals surface area contributed by atoms with Crippen LogP contribution in [0.15, 0.2) is 12.7 Å². The second-order valence-electron chi connectivity index (χ2n) is 5.93. The van der Waals surface area contributed by atoms with Gasteiger partial charge in [-0.2, -0.15) is 0 Å². The van der Waals surface area contributed by atoms with E-state index in [2.05, 4.69) is 37.7 Å². The van der Waals surface area contributed by atoms with Gasteiger partial charge in [-0.05, 0) is 13.8 Å². The van der Waals surface area contributed by atoms with Crippen molar-refractivity contribution in [2.24, 2.45) is 0 Å². The van der Waals surface area contributed by atoms with E-state index in [1.54, 1.807) is 6.08 Å². The zero-order chi connectivity index (χ0) is 13.8. The Hall–Kier alpha value is -0.603. The SMILES string of the molecule is C=CCO[C@H](C#C[Si](C)(C)C)[C@H]1COC(C)(C)O1. The van der Waals surface area contributed by atoms with Gasteiger partial charge in [0.1, 0.15) is 20.3 Å². The molecule has 0 aliphatic carbocycles. The minimum atomic E-state index is -1.41. The summed E-state index contributed by atoms with van der Waals surface area (Å²) in [5, 5.41) is 0. The molecule has 102 valence electrons. The van der Waals surface area contributed by atoms with E-state index < -0.39 is 13.9 Å². The number of rotatable bonds is 4. The molecule has 1 fully saturated rings. The molecule has 2 atom stereocenters. The molecule has 1 aliphatic rings. The van der Waals surface area contributed by atoms with Gasteiger partial charge < -0.3 is 14.2 Å². The summed E-state index contributed by atoms with van der Waals surface area (Å²) in [6.45, 7) is 15.1. The maximum Gasteiger partial charge on any atom is 0.163 e. The van der Waals surface area contributed by atoms with Gasteiger partial charge in [0.15, 0.2) is 5.79 Å². The third kappa shape index (κ3) is 5.36. The fourth-order valence-corrected chi connectivity index (χ4v) is 2.14. The Labute approximate surface area is 112 Å². The highest BCUT2D eigenvalue weighted by Crippen LogP contribution is 2.25. The second-order valence-corrected chi connectivity index (χ2v) is 10.7. The third-order valence-electron chi connectivity index (χ3n) is 2.35. The lowest BCUT2D eigenvalue weighted by atomic mass is 10.2. The Balaban J connectivity index is 2.72. The molecule has 1 aliphatic heterocycles. The highest BCUT2D eigenvalue weighted by Gasteiger charge is 2.37. The molecule has 0 aromatic rings. The maximum absolute atomic E-state index is 5.80. The van der Waals surface area contributed by atoms with E-state index in [9.17, 15) is 0 Å². The van der Waals surface area contributed by atoms with Crippen LogP contribution in [0.1, 0.15) is 13.8 Å². The van der Waals surface area contributed by atoms with Gasteiger partial charge in [-0.25, -0.2) is 0 Å². The monoisotopic (exact) mass is 268 g/mol. The lowest BCUT2D eigenvalue weighted by Gasteiger charge is -2.21. The molecule has 0 saturated carbocycles. The normalized spacial score (nSPS) is 24.2. The average molecular weight is 268 g/mol. The molecule has 0 aromatic heterocycles. The summed E-state index contributed by atoms with van der Waals surface area (Å²) in [5.41, 5.74) is 3.33. The van der Waals surface area contributed by atoms with Crippen LogP contribution in [0.25, 0.3) is 0 Å². The highest BCUT2D eigenvalue weighted by molar-refractivity contribution is 6.83. The topological polar surface area (TPSA) is 27.7 Å². The Morgan fingerprint density at radius 3 is 2.61 bits per heavy atom. The van der Waals surface area contributed by atoms with Crippen LogP contribution in [0.2, 0.25) is 19.6 Å². The van der Waals surface area contributed by atoms with E-state index in [-0.39, 0.29) is 12.2 Å². The van der Waals surface area contributed by atoms with Gasteiger partial charge in [0.25, 0.3) is 0 Å². The smallest absolute Gasteiger partial charge is 0.163 e. The standard InChI is InChI=1S/C14H24O3Si/c1-7-9-15-12(8-10-18(4,5)6)13-11-16-14(2,3)17-13/h7,12-13H,1,9,11H2,2-6H3/t12-,13-/m1/s1. The van der Waals surface area contributed by atoms with Crippen LogP contribution in [0, 0.1) is 11.5 Å². The molecule has 0 N–H and O–H groups in total. The summed E-state index contributed by atoms with van der Waals surface area (Å²) in [6, 6.07) is 0. The molecular formula is C14H24O3Si. The molecule has 4 heteroatoms. The molecule has 18 heavy (non-hydrogen) atoms. The molecule has 1 heterocycles. The third-order valence-corrected chi connectivity index (χ3v) is 3.25. The molecule has 0 bridgehead atoms. The second kappa shape index (κ2) is 6.03. The lowest BCUT2D eigenvalue weighted by Crippen LogP contribution is -2.33. The average Bonchev–Trinajstić information content (AvgIpc) is 2.57. The van der Waals surface area contributed by atoms with Gasteiger partial charge in [-0.3, -0.25) is 0 Å². The van der Waals surface area contributed by atoms with E-state index in [1.165, 1.54) is 0 Å². The quantitative estimate of drug-likeness (QED) is 0.445. The highest BCUT2D eigenvalue weighted by atomic mass is 28.3. The fourth-order valence-electron chi connectivity index (χ4n) is 1.57. The lowest BCUT2D eigenvalue weighted by molar-refractivity contribution is -0.149. The van der Waals surface area contributed by atoms with Crippen molar-refractivity contribution in [3.8, 4) is 11.5 Å². The van der Waals surface area contributed by atoms with E-state index in [0.717, 1.165) is 0 Å². The van der Waals surface area contributed by atoms with Gasteiger partial charge in [0.05, 0.1) is 13.2 Å². The minimum absolute atomic E-state index is 0.121. The van der Waals surface area contributed by atoms with Crippen LogP contribution in [-0.2, 0) is 14.2 Å². The maximum atomic E-state index is 5.80. The number of ether oxygens (including phenoxy) is 3. The van der Waals surface area contributed by atoms with Crippen molar-refractivity contribution < 1.29 is 14.2 Å². The van der Waals surface area contributed by atoms with Crippen molar-refractivity contribution in [3.63, 3.8) is 0 Å². The first-order valence-corrected chi connectivity index (χ1v) is 9.80. The predicted octanol–water partition coefficient (Wildman–Crippen LogP) is 2.59. The Morgan fingerprint density at radius 1 is 1.50 bits per heavy atom. The van der Waals surface area contributed by atoms with Gasteiger partial charge in [-0.15, -0.1) is 12.1 Å². The van der Waals surface area contributed by atoms with Crippen molar-refractivity contribution >= 4 is 8.07 Å². The Morgan fingerprint density at radius 2 is 2.17 bits per heavy atom. The largest absolute Gasteiger partial charge is 0.359 e. The van der Waals surface area contributed by atoms with Crippen molar-refractivity contribution in [2.75, 3.05) is 13.2 Å². The zero-order valence-electron chi connectivity index (χ0n) is 12.1. The summed E-state index contributed by atoms with van der Waals surface area (Å²) >= 11 is 0. The summed E-state index contributed by atoms with van der Waals surface area (Å²) < 4.78 is 17.1. The Kier molecular flexibility index (Phi) is 5.17. The summed E-state index contributed by atoms with van der Waals surface area (Å²) in [5.74, 6) is 2.67. The minimum Gasteiger partial charge on any atom is -0.359 e. The first-order chi connectivity index (χ1) is 8.23. The van der Waals surface area contributed by atoms with E-state index in [4.69, 9.17) is 14.2 Å². The summed E-state index contributed by atoms with van der Waals surface area (Å²) in [6.07, 6.45) is 1.37. The molecule has 0 radical (unpaired) electrons. The zero-order valence-corrected chi connectivity index (χ0v) is 13.1. The van der Waals surface area contributed by atoms with Gasteiger partial charge >= 0.3 is 0 Å². The van der Waals surface area contributed by atoms with Crippen LogP contribution < -0.4 is 0 Å². The fraction of sp³-hybridized carbons (Fsp3) is 0.714. The van der Waals surface area contributed by atoms with Gasteiger partial charge in [0.2, 0.25) is 0 Å². The van der Waals surface area contributed by atoms with Crippen molar-refractivity contribution in [2.45, 2.75) is 51.5 Å². The molecule has 1 saturated heterocycles. The van der Waals surface area contributed by atoms with Crippen LogP contribution in [0.5, 0.6) is 0 Å². The van der Waals surface area contributed by atoms with Crippen molar-refractivity contribution in [1.82, 2.24) is 0 Å². The van der Waals surface area contributed by atoms with Crippen LogP contribution >= 0.6 is 0 Å². The van der Waals surface area contributed by atoms with E-state index >= 15 is 0 Å². The van der Waals surface area contributed by atoms with Crippen LogP contribution in [0.4, 0.5) is 0 Å². The molecule has 1 rings (SSSR count). The molecule has 3 nitrogen and oxygen atoms in total. The first kappa shape index (κ1) is 15.5. The van der Waals surface area contributed by atoms with Crippen LogP contribution in [0.3, 0.4) is 0 Å². The van der Waals surface area contributed by atoms with Crippen molar-refractivity contribution in [3.05, 3.63) is 12.7 Å². The number of hydrogen-bond acceptors (Lipinski definition) is 3. The molecule has 0 unspecified atom stereocenters. The van der Waals surface area contributed by atoms with Crippen LogP contribution in [-0.4, -0.2) is 39.3 Å². The van der Waals surface area contributed by atoms with Gasteiger partial charge in [0, 0.05) is 0 Å². The van der Waals surface area contributed by atoms with E-state index in [1.807, 2.05) is 13.8 Å². The van der Waals surface area contributed by atoms with Gasteiger partial charge in [-0.1, -0.05) is 31.6 Å². The molecular weight excluding hydrogens is 244 g/mol. The number of hydrogen-bond donors (Lipinski definition) is 0. The molecule has 0 spiro atoms. The predicted molar refractivity (Wildman–Crippen MR) is 76.0 cm³/mol. The summed E-state index contributed by atoms with van der Waals surface area (Å²) in [4.78, 5) is 0. The van der Waals surface area contributed by atoms with E-state index in [0.29, 0.717) is 13.2 Å². The molecule has 0 aromatic carbocycles. The molecule has 0 amide bonds. The Bertz CT molecular complexity index is 346.